The van der Waals surface area contributed by atoms with Crippen molar-refractivity contribution in [3.8, 4) is 0 Å². The van der Waals surface area contributed by atoms with Crippen LogP contribution in [0.25, 0.3) is 0 Å². The molecule has 0 fully saturated rings. The van der Waals surface area contributed by atoms with Crippen molar-refractivity contribution in [2.75, 3.05) is 12.8 Å². The van der Waals surface area contributed by atoms with Crippen LogP contribution >= 0.6 is 22.6 Å². The summed E-state index contributed by atoms with van der Waals surface area (Å²) in [6.07, 6.45) is 0.235. The molecule has 3 nitrogen and oxygen atoms in total. The number of methoxy groups -OCH3 is 1. The number of nitrogen functional groups attached to an aromatic ring is 1. The molecule has 2 N–H and O–H groups in total. The van der Waals surface area contributed by atoms with Crippen LogP contribution in [0.15, 0.2) is 18.2 Å². The second-order valence-electron chi connectivity index (χ2n) is 2.60. The molecule has 0 radical (unpaired) electrons. The Bertz CT molecular complexity index is 325. The third-order valence-corrected chi connectivity index (χ3v) is 2.34. The van der Waals surface area contributed by atoms with Gasteiger partial charge in [-0.15, -0.1) is 0 Å². The van der Waals surface area contributed by atoms with E-state index in [4.69, 9.17) is 5.73 Å². The van der Waals surface area contributed by atoms with Gasteiger partial charge >= 0.3 is 5.97 Å². The minimum absolute atomic E-state index is 0.235. The zero-order valence-corrected chi connectivity index (χ0v) is 9.37. The lowest BCUT2D eigenvalue weighted by Gasteiger charge is -2.04. The average molecular weight is 291 g/mol. The van der Waals surface area contributed by atoms with Gasteiger partial charge in [-0.2, -0.15) is 0 Å². The van der Waals surface area contributed by atoms with Crippen molar-refractivity contribution in [3.63, 3.8) is 0 Å². The molecule has 0 aliphatic heterocycles. The molecule has 70 valence electrons. The fourth-order valence-electron chi connectivity index (χ4n) is 0.954. The second-order valence-corrected chi connectivity index (χ2v) is 3.84. The normalized spacial score (nSPS) is 9.69. The van der Waals surface area contributed by atoms with Crippen molar-refractivity contribution in [1.29, 1.82) is 0 Å². The SMILES string of the molecule is COC(=O)Cc1ccc(I)cc1N. The summed E-state index contributed by atoms with van der Waals surface area (Å²) in [6, 6.07) is 5.59. The van der Waals surface area contributed by atoms with E-state index in [2.05, 4.69) is 27.3 Å². The molecule has 0 saturated heterocycles. The van der Waals surface area contributed by atoms with Crippen LogP contribution in [-0.2, 0) is 16.0 Å². The van der Waals surface area contributed by atoms with Crippen LogP contribution in [0.3, 0.4) is 0 Å². The number of carbonyl (C=O) groups excluding carboxylic acids is 1. The monoisotopic (exact) mass is 291 g/mol. The number of esters is 1. The Balaban J connectivity index is 2.83. The molecule has 0 aromatic heterocycles. The lowest BCUT2D eigenvalue weighted by molar-refractivity contribution is -0.139. The molecule has 1 rings (SSSR count). The van der Waals surface area contributed by atoms with Crippen LogP contribution in [0.1, 0.15) is 5.56 Å². The first-order valence-corrected chi connectivity index (χ1v) is 4.82. The fraction of sp³-hybridized carbons (Fsp3) is 0.222. The predicted octanol–water partition coefficient (Wildman–Crippen LogP) is 1.59. The summed E-state index contributed by atoms with van der Waals surface area (Å²) in [5, 5.41) is 0. The molecule has 0 spiro atoms. The number of hydrogen-bond donors (Lipinski definition) is 1. The van der Waals surface area contributed by atoms with Crippen LogP contribution in [0, 0.1) is 3.57 Å². The van der Waals surface area contributed by atoms with E-state index < -0.39 is 0 Å². The van der Waals surface area contributed by atoms with Gasteiger partial charge in [0.15, 0.2) is 0 Å². The van der Waals surface area contributed by atoms with Gasteiger partial charge in [0.05, 0.1) is 13.5 Å². The molecule has 1 aromatic rings. The van der Waals surface area contributed by atoms with Crippen molar-refractivity contribution in [3.05, 3.63) is 27.3 Å². The van der Waals surface area contributed by atoms with E-state index in [9.17, 15) is 4.79 Å². The van der Waals surface area contributed by atoms with E-state index in [1.807, 2.05) is 18.2 Å². The Morgan fingerprint density at radius 1 is 1.62 bits per heavy atom. The number of nitrogens with two attached hydrogens (primary N) is 1. The van der Waals surface area contributed by atoms with E-state index in [0.717, 1.165) is 9.13 Å². The van der Waals surface area contributed by atoms with Gasteiger partial charge in [0.1, 0.15) is 0 Å². The Morgan fingerprint density at radius 2 is 2.31 bits per heavy atom. The third kappa shape index (κ3) is 2.87. The van der Waals surface area contributed by atoms with E-state index in [0.29, 0.717) is 5.69 Å². The van der Waals surface area contributed by atoms with Gasteiger partial charge in [0.2, 0.25) is 0 Å². The average Bonchev–Trinajstić information content (AvgIpc) is 2.09. The summed E-state index contributed by atoms with van der Waals surface area (Å²) >= 11 is 2.17. The zero-order valence-electron chi connectivity index (χ0n) is 7.21. The van der Waals surface area contributed by atoms with Crippen molar-refractivity contribution < 1.29 is 9.53 Å². The maximum Gasteiger partial charge on any atom is 0.310 e. The summed E-state index contributed by atoms with van der Waals surface area (Å²) in [4.78, 5) is 10.9. The molecular formula is C9H10INO2. The van der Waals surface area contributed by atoms with Gasteiger partial charge in [0.25, 0.3) is 0 Å². The van der Waals surface area contributed by atoms with Crippen LogP contribution in [0.5, 0.6) is 0 Å². The van der Waals surface area contributed by atoms with Crippen molar-refractivity contribution in [2.45, 2.75) is 6.42 Å². The molecule has 1 aromatic carbocycles. The maximum atomic E-state index is 10.9. The molecule has 0 aliphatic rings. The number of carbonyl (C=O) groups is 1. The number of hydrogen-bond acceptors (Lipinski definition) is 3. The largest absolute Gasteiger partial charge is 0.469 e. The van der Waals surface area contributed by atoms with Crippen LogP contribution in [-0.4, -0.2) is 13.1 Å². The van der Waals surface area contributed by atoms with E-state index in [1.165, 1.54) is 7.11 Å². The van der Waals surface area contributed by atoms with E-state index in [-0.39, 0.29) is 12.4 Å². The molecule has 0 amide bonds. The minimum Gasteiger partial charge on any atom is -0.469 e. The Kier molecular flexibility index (Phi) is 3.53. The minimum atomic E-state index is -0.270. The van der Waals surface area contributed by atoms with Gasteiger partial charge in [0, 0.05) is 9.26 Å². The summed E-state index contributed by atoms with van der Waals surface area (Å²) in [7, 11) is 1.37. The molecule has 0 saturated carbocycles. The fourth-order valence-corrected chi connectivity index (χ4v) is 1.47. The highest BCUT2D eigenvalue weighted by Crippen LogP contribution is 2.16. The van der Waals surface area contributed by atoms with E-state index >= 15 is 0 Å². The highest BCUT2D eigenvalue weighted by atomic mass is 127. The second kappa shape index (κ2) is 4.45. The van der Waals surface area contributed by atoms with Crippen LogP contribution in [0.2, 0.25) is 0 Å². The topological polar surface area (TPSA) is 52.3 Å². The first kappa shape index (κ1) is 10.3. The van der Waals surface area contributed by atoms with Crippen LogP contribution in [0.4, 0.5) is 5.69 Å². The van der Waals surface area contributed by atoms with Crippen molar-refractivity contribution in [1.82, 2.24) is 0 Å². The lowest BCUT2D eigenvalue weighted by atomic mass is 10.1. The van der Waals surface area contributed by atoms with Crippen molar-refractivity contribution >= 4 is 34.2 Å². The van der Waals surface area contributed by atoms with Gasteiger partial charge in [-0.1, -0.05) is 6.07 Å². The highest BCUT2D eigenvalue weighted by molar-refractivity contribution is 14.1. The number of rotatable bonds is 2. The summed E-state index contributed by atoms with van der Waals surface area (Å²) < 4.78 is 5.60. The van der Waals surface area contributed by atoms with E-state index in [1.54, 1.807) is 0 Å². The first-order valence-electron chi connectivity index (χ1n) is 3.74. The molecule has 0 heterocycles. The molecular weight excluding hydrogens is 281 g/mol. The quantitative estimate of drug-likeness (QED) is 0.511. The highest BCUT2D eigenvalue weighted by Gasteiger charge is 2.05. The number of ether oxygens (including phenoxy) is 1. The number of anilines is 1. The maximum absolute atomic E-state index is 10.9. The first-order chi connectivity index (χ1) is 6.13. The zero-order chi connectivity index (χ0) is 9.84. The molecule has 0 bridgehead atoms. The molecule has 4 heteroatoms. The predicted molar refractivity (Wildman–Crippen MR) is 59.3 cm³/mol. The van der Waals surface area contributed by atoms with Gasteiger partial charge < -0.3 is 10.5 Å². The van der Waals surface area contributed by atoms with Gasteiger partial charge in [-0.05, 0) is 40.3 Å². The Labute approximate surface area is 90.4 Å². The van der Waals surface area contributed by atoms with Crippen molar-refractivity contribution in [2.24, 2.45) is 0 Å². The molecule has 13 heavy (non-hydrogen) atoms. The third-order valence-electron chi connectivity index (χ3n) is 1.67. The number of halogens is 1. The Hall–Kier alpha value is -0.780. The smallest absolute Gasteiger partial charge is 0.310 e. The lowest BCUT2D eigenvalue weighted by Crippen LogP contribution is -2.06. The van der Waals surface area contributed by atoms with Gasteiger partial charge in [-0.3, -0.25) is 4.79 Å². The van der Waals surface area contributed by atoms with Crippen LogP contribution < -0.4 is 5.73 Å². The standard InChI is InChI=1S/C9H10INO2/c1-13-9(12)4-6-2-3-7(10)5-8(6)11/h2-3,5H,4,11H2,1H3. The summed E-state index contributed by atoms with van der Waals surface area (Å²) in [5.41, 5.74) is 7.16. The molecule has 0 atom stereocenters. The number of benzene rings is 1. The molecule has 0 aliphatic carbocycles. The summed E-state index contributed by atoms with van der Waals surface area (Å²) in [5.74, 6) is -0.270. The summed E-state index contributed by atoms with van der Waals surface area (Å²) in [6.45, 7) is 0. The molecule has 0 unspecified atom stereocenters. The van der Waals surface area contributed by atoms with Gasteiger partial charge in [-0.25, -0.2) is 0 Å². The Morgan fingerprint density at radius 3 is 2.85 bits per heavy atom.